The molecule has 4 nitrogen and oxygen atoms in total. The fraction of sp³-hybridized carbons (Fsp3) is 0.619. The first-order valence-corrected chi connectivity index (χ1v) is 9.69. The van der Waals surface area contributed by atoms with Gasteiger partial charge in [0.2, 0.25) is 11.8 Å². The molecule has 0 aromatic heterocycles. The van der Waals surface area contributed by atoms with Crippen LogP contribution in [-0.2, 0) is 9.59 Å². The summed E-state index contributed by atoms with van der Waals surface area (Å²) in [4.78, 5) is 27.2. The summed E-state index contributed by atoms with van der Waals surface area (Å²) in [5.74, 6) is 1.32. The molecule has 1 aromatic rings. The van der Waals surface area contributed by atoms with Crippen molar-refractivity contribution in [2.24, 2.45) is 17.8 Å². The molecule has 1 aliphatic heterocycles. The summed E-state index contributed by atoms with van der Waals surface area (Å²) in [5, 5.41) is 3.02. The van der Waals surface area contributed by atoms with Crippen LogP contribution in [0.5, 0.6) is 0 Å². The van der Waals surface area contributed by atoms with Crippen LogP contribution in [-0.4, -0.2) is 29.8 Å². The van der Waals surface area contributed by atoms with Gasteiger partial charge in [0, 0.05) is 30.6 Å². The number of piperidine rings is 1. The minimum atomic E-state index is 0.0340. The van der Waals surface area contributed by atoms with Crippen LogP contribution in [0.1, 0.15) is 51.0 Å². The zero-order valence-corrected chi connectivity index (χ0v) is 15.5. The molecule has 0 spiro atoms. The maximum absolute atomic E-state index is 12.7. The molecule has 2 aliphatic rings. The summed E-state index contributed by atoms with van der Waals surface area (Å²) in [6, 6.07) is 7.90. The molecule has 0 bridgehead atoms. The van der Waals surface area contributed by atoms with Gasteiger partial charge in [0.05, 0.1) is 0 Å². The quantitative estimate of drug-likeness (QED) is 0.902. The van der Waals surface area contributed by atoms with Gasteiger partial charge in [0.25, 0.3) is 0 Å². The second-order valence-electron chi connectivity index (χ2n) is 7.91. The van der Waals surface area contributed by atoms with Crippen molar-refractivity contribution >= 4 is 17.5 Å². The van der Waals surface area contributed by atoms with Crippen LogP contribution in [0.25, 0.3) is 0 Å². The van der Waals surface area contributed by atoms with Crippen molar-refractivity contribution in [2.75, 3.05) is 18.4 Å². The van der Waals surface area contributed by atoms with E-state index in [4.69, 9.17) is 0 Å². The van der Waals surface area contributed by atoms with E-state index in [1.54, 1.807) is 0 Å². The number of nitrogens with one attached hydrogen (secondary N) is 1. The smallest absolute Gasteiger partial charge is 0.227 e. The predicted octanol–water partition coefficient (Wildman–Crippen LogP) is 4.00. The maximum atomic E-state index is 12.7. The zero-order chi connectivity index (χ0) is 17.8. The number of amides is 2. The third-order valence-corrected chi connectivity index (χ3v) is 5.86. The fourth-order valence-corrected chi connectivity index (χ4v) is 3.97. The Kier molecular flexibility index (Phi) is 5.77. The first-order chi connectivity index (χ1) is 12.0. The van der Waals surface area contributed by atoms with Crippen LogP contribution in [0.3, 0.4) is 0 Å². The number of aryl methyl sites for hydroxylation is 1. The molecule has 0 unspecified atom stereocenters. The molecule has 1 heterocycles. The Hall–Kier alpha value is -1.84. The zero-order valence-electron chi connectivity index (χ0n) is 15.5. The maximum Gasteiger partial charge on any atom is 0.227 e. The van der Waals surface area contributed by atoms with E-state index in [9.17, 15) is 9.59 Å². The van der Waals surface area contributed by atoms with E-state index in [0.29, 0.717) is 5.91 Å². The summed E-state index contributed by atoms with van der Waals surface area (Å²) in [6.07, 6.45) is 5.57. The Morgan fingerprint density at radius 2 is 1.48 bits per heavy atom. The second kappa shape index (κ2) is 8.03. The molecule has 1 N–H and O–H groups in total. The van der Waals surface area contributed by atoms with E-state index in [0.717, 1.165) is 63.2 Å². The third-order valence-electron chi connectivity index (χ3n) is 5.86. The normalized spacial score (nSPS) is 24.8. The summed E-state index contributed by atoms with van der Waals surface area (Å²) >= 11 is 0. The average Bonchev–Trinajstić information content (AvgIpc) is 2.64. The highest BCUT2D eigenvalue weighted by Crippen LogP contribution is 2.32. The van der Waals surface area contributed by atoms with Crippen molar-refractivity contribution in [3.05, 3.63) is 29.8 Å². The molecule has 1 saturated heterocycles. The Balaban J connectivity index is 1.47. The van der Waals surface area contributed by atoms with Gasteiger partial charge in [-0.25, -0.2) is 0 Å². The number of nitrogens with zero attached hydrogens (tertiary/aromatic N) is 1. The van der Waals surface area contributed by atoms with E-state index in [2.05, 4.69) is 17.1 Å². The van der Waals surface area contributed by atoms with E-state index in [1.807, 2.05) is 31.2 Å². The van der Waals surface area contributed by atoms with Crippen LogP contribution in [0.2, 0.25) is 0 Å². The van der Waals surface area contributed by atoms with Gasteiger partial charge in [-0.2, -0.15) is 0 Å². The molecule has 1 saturated carbocycles. The number of benzene rings is 1. The lowest BCUT2D eigenvalue weighted by molar-refractivity contribution is -0.139. The van der Waals surface area contributed by atoms with Gasteiger partial charge in [-0.3, -0.25) is 9.59 Å². The number of carbonyl (C=O) groups is 2. The van der Waals surface area contributed by atoms with Crippen LogP contribution in [0, 0.1) is 24.7 Å². The van der Waals surface area contributed by atoms with Crippen molar-refractivity contribution in [2.45, 2.75) is 52.4 Å². The monoisotopic (exact) mass is 342 g/mol. The lowest BCUT2D eigenvalue weighted by Crippen LogP contribution is -2.42. The minimum Gasteiger partial charge on any atom is -0.342 e. The van der Waals surface area contributed by atoms with Gasteiger partial charge in [-0.15, -0.1) is 0 Å². The van der Waals surface area contributed by atoms with Crippen molar-refractivity contribution in [1.29, 1.82) is 0 Å². The van der Waals surface area contributed by atoms with E-state index >= 15 is 0 Å². The largest absolute Gasteiger partial charge is 0.342 e. The third kappa shape index (κ3) is 4.62. The van der Waals surface area contributed by atoms with Gasteiger partial charge < -0.3 is 10.2 Å². The van der Waals surface area contributed by atoms with Crippen molar-refractivity contribution < 1.29 is 9.59 Å². The first kappa shape index (κ1) is 18.0. The summed E-state index contributed by atoms with van der Waals surface area (Å²) in [6.45, 7) is 6.12. The number of likely N-dealkylation sites (tertiary alicyclic amines) is 1. The Bertz CT molecular complexity index is 595. The van der Waals surface area contributed by atoms with Crippen LogP contribution in [0.15, 0.2) is 24.3 Å². The molecule has 136 valence electrons. The standard InChI is InChI=1S/C21H30N2O2/c1-15-3-9-19(10-4-15)22-20(24)17-5-7-18(8-6-17)21(25)23-13-11-16(2)12-14-23/h3-4,9-10,16-18H,5-8,11-14H2,1-2H3,(H,22,24). The molecule has 3 rings (SSSR count). The highest BCUT2D eigenvalue weighted by molar-refractivity contribution is 5.92. The van der Waals surface area contributed by atoms with Crippen LogP contribution < -0.4 is 5.32 Å². The Morgan fingerprint density at radius 3 is 2.08 bits per heavy atom. The number of hydrogen-bond donors (Lipinski definition) is 1. The van der Waals surface area contributed by atoms with Crippen LogP contribution >= 0.6 is 0 Å². The molecule has 2 fully saturated rings. The van der Waals surface area contributed by atoms with Gasteiger partial charge in [0.1, 0.15) is 0 Å². The van der Waals surface area contributed by atoms with Gasteiger partial charge in [-0.05, 0) is 63.5 Å². The SMILES string of the molecule is Cc1ccc(NC(=O)C2CCC(C(=O)N3CCC(C)CC3)CC2)cc1. The molecule has 4 heteroatoms. The van der Waals surface area contributed by atoms with Crippen molar-refractivity contribution in [1.82, 2.24) is 4.90 Å². The van der Waals surface area contributed by atoms with E-state index < -0.39 is 0 Å². The second-order valence-corrected chi connectivity index (χ2v) is 7.91. The molecule has 1 aromatic carbocycles. The Labute approximate surface area is 151 Å². The number of anilines is 1. The lowest BCUT2D eigenvalue weighted by atomic mass is 9.80. The van der Waals surface area contributed by atoms with Gasteiger partial charge in [-0.1, -0.05) is 24.6 Å². The minimum absolute atomic E-state index is 0.0340. The summed E-state index contributed by atoms with van der Waals surface area (Å²) in [7, 11) is 0. The highest BCUT2D eigenvalue weighted by Gasteiger charge is 2.33. The first-order valence-electron chi connectivity index (χ1n) is 9.69. The molecule has 2 amide bonds. The fourth-order valence-electron chi connectivity index (χ4n) is 3.97. The van der Waals surface area contributed by atoms with Crippen LogP contribution in [0.4, 0.5) is 5.69 Å². The molecular formula is C21H30N2O2. The number of carbonyl (C=O) groups excluding carboxylic acids is 2. The number of rotatable bonds is 3. The lowest BCUT2D eigenvalue weighted by Gasteiger charge is -2.35. The van der Waals surface area contributed by atoms with E-state index in [-0.39, 0.29) is 17.7 Å². The van der Waals surface area contributed by atoms with Crippen molar-refractivity contribution in [3.8, 4) is 0 Å². The topological polar surface area (TPSA) is 49.4 Å². The molecular weight excluding hydrogens is 312 g/mol. The predicted molar refractivity (Wildman–Crippen MR) is 100 cm³/mol. The number of hydrogen-bond acceptors (Lipinski definition) is 2. The summed E-state index contributed by atoms with van der Waals surface area (Å²) in [5.41, 5.74) is 2.04. The molecule has 0 atom stereocenters. The van der Waals surface area contributed by atoms with E-state index in [1.165, 1.54) is 5.56 Å². The van der Waals surface area contributed by atoms with Gasteiger partial charge >= 0.3 is 0 Å². The highest BCUT2D eigenvalue weighted by atomic mass is 16.2. The Morgan fingerprint density at radius 1 is 0.920 bits per heavy atom. The average molecular weight is 342 g/mol. The summed E-state index contributed by atoms with van der Waals surface area (Å²) < 4.78 is 0. The van der Waals surface area contributed by atoms with Crippen molar-refractivity contribution in [3.63, 3.8) is 0 Å². The molecule has 25 heavy (non-hydrogen) atoms. The molecule has 1 aliphatic carbocycles. The molecule has 0 radical (unpaired) electrons. The van der Waals surface area contributed by atoms with Gasteiger partial charge in [0.15, 0.2) is 0 Å².